The predicted molar refractivity (Wildman–Crippen MR) is 191 cm³/mol. The average Bonchev–Trinajstić information content (AvgIpc) is 3.42. The number of carbonyl (C=O) groups is 4. The number of carbonyl (C=O) groups excluding carboxylic acids is 4. The fraction of sp³-hybridized carbons (Fsp3) is 0.318. The Balaban J connectivity index is 1.29. The van der Waals surface area contributed by atoms with Gasteiger partial charge in [0, 0.05) is 34.4 Å². The van der Waals surface area contributed by atoms with Crippen molar-refractivity contribution in [3.05, 3.63) is 131 Å². The number of ketones is 2. The van der Waals surface area contributed by atoms with Crippen LogP contribution in [0.1, 0.15) is 67.6 Å². The van der Waals surface area contributed by atoms with E-state index in [2.05, 4.69) is 6.08 Å². The monoisotopic (exact) mass is 661 g/mol. The number of imide groups is 1. The molecule has 0 aromatic heterocycles. The Kier molecular flexibility index (Phi) is 7.27. The molecule has 3 fully saturated rings. The van der Waals surface area contributed by atoms with Gasteiger partial charge in [-0.1, -0.05) is 128 Å². The van der Waals surface area contributed by atoms with Crippen molar-refractivity contribution < 1.29 is 24.3 Å². The Morgan fingerprint density at radius 1 is 0.720 bits per heavy atom. The van der Waals surface area contributed by atoms with Gasteiger partial charge in [0.05, 0.1) is 17.3 Å². The molecule has 6 atom stereocenters. The summed E-state index contributed by atoms with van der Waals surface area (Å²) in [5.41, 5.74) is 1.82. The molecule has 2 amide bonds. The second kappa shape index (κ2) is 11.8. The summed E-state index contributed by atoms with van der Waals surface area (Å²) < 4.78 is 0. The van der Waals surface area contributed by atoms with Crippen LogP contribution < -0.4 is 0 Å². The fourth-order valence-electron chi connectivity index (χ4n) is 10.4. The van der Waals surface area contributed by atoms with Crippen LogP contribution in [0.4, 0.5) is 0 Å². The predicted octanol–water partition coefficient (Wildman–Crippen LogP) is 7.70. The van der Waals surface area contributed by atoms with Crippen molar-refractivity contribution in [2.24, 2.45) is 23.7 Å². The molecule has 6 nitrogen and oxygen atoms in total. The zero-order chi connectivity index (χ0) is 34.1. The molecule has 1 N–H and O–H groups in total. The van der Waals surface area contributed by atoms with Crippen LogP contribution >= 0.6 is 0 Å². The summed E-state index contributed by atoms with van der Waals surface area (Å²) >= 11 is 0. The first kappa shape index (κ1) is 30.9. The second-order valence-corrected chi connectivity index (χ2v) is 14.9. The zero-order valence-electron chi connectivity index (χ0n) is 27.8. The minimum Gasteiger partial charge on any atom is -0.507 e. The number of hydrogen-bond acceptors (Lipinski definition) is 5. The van der Waals surface area contributed by atoms with E-state index < -0.39 is 35.0 Å². The normalized spacial score (nSPS) is 29.7. The molecule has 2 saturated carbocycles. The third-order valence-corrected chi connectivity index (χ3v) is 12.6. The van der Waals surface area contributed by atoms with Crippen molar-refractivity contribution in [2.45, 2.75) is 62.3 Å². The summed E-state index contributed by atoms with van der Waals surface area (Å²) in [5, 5.41) is 13.7. The van der Waals surface area contributed by atoms with E-state index >= 15 is 9.59 Å². The molecule has 1 saturated heterocycles. The summed E-state index contributed by atoms with van der Waals surface area (Å²) in [6.45, 7) is 0. The molecule has 0 bridgehead atoms. The van der Waals surface area contributed by atoms with Crippen molar-refractivity contribution >= 4 is 39.7 Å². The fourth-order valence-corrected chi connectivity index (χ4v) is 10.4. The van der Waals surface area contributed by atoms with Gasteiger partial charge < -0.3 is 5.11 Å². The first-order valence-corrected chi connectivity index (χ1v) is 18.1. The number of rotatable bonds is 4. The van der Waals surface area contributed by atoms with Crippen LogP contribution in [0.25, 0.3) is 16.3 Å². The quantitative estimate of drug-likeness (QED) is 0.179. The number of aromatic hydroxyl groups is 1. The molecule has 1 heterocycles. The van der Waals surface area contributed by atoms with Gasteiger partial charge in [-0.25, -0.2) is 0 Å². The molecule has 4 aliphatic carbocycles. The summed E-state index contributed by atoms with van der Waals surface area (Å²) in [7, 11) is 0. The molecule has 4 aromatic rings. The van der Waals surface area contributed by atoms with Crippen molar-refractivity contribution in [1.82, 2.24) is 4.90 Å². The number of amides is 2. The van der Waals surface area contributed by atoms with E-state index in [0.717, 1.165) is 43.1 Å². The van der Waals surface area contributed by atoms with E-state index in [0.29, 0.717) is 34.1 Å². The molecular formula is C44H39NO5. The minimum absolute atomic E-state index is 0.0709. The van der Waals surface area contributed by atoms with Crippen LogP contribution in [0.5, 0.6) is 5.75 Å². The van der Waals surface area contributed by atoms with Crippen LogP contribution in [0.15, 0.2) is 115 Å². The van der Waals surface area contributed by atoms with Gasteiger partial charge in [-0.05, 0) is 54.2 Å². The highest BCUT2D eigenvalue weighted by molar-refractivity contribution is 6.31. The van der Waals surface area contributed by atoms with Gasteiger partial charge in [0.15, 0.2) is 11.6 Å². The molecule has 0 spiro atoms. The number of phenolic OH excluding ortho intramolecular Hbond substituents is 1. The Labute approximate surface area is 291 Å². The van der Waals surface area contributed by atoms with Crippen LogP contribution in [-0.2, 0) is 24.6 Å². The number of nitrogens with zero attached hydrogens (tertiary/aromatic N) is 1. The highest BCUT2D eigenvalue weighted by atomic mass is 16.3. The van der Waals surface area contributed by atoms with E-state index in [1.54, 1.807) is 4.90 Å². The Bertz CT molecular complexity index is 2130. The smallest absolute Gasteiger partial charge is 0.233 e. The Morgan fingerprint density at radius 3 is 2.18 bits per heavy atom. The molecule has 50 heavy (non-hydrogen) atoms. The van der Waals surface area contributed by atoms with E-state index in [-0.39, 0.29) is 41.6 Å². The third-order valence-electron chi connectivity index (χ3n) is 12.6. The zero-order valence-corrected chi connectivity index (χ0v) is 27.8. The highest BCUT2D eigenvalue weighted by Crippen LogP contribution is 2.64. The first-order valence-electron chi connectivity index (χ1n) is 18.1. The summed E-state index contributed by atoms with van der Waals surface area (Å²) in [6, 6.07) is 30.2. The number of phenols is 1. The topological polar surface area (TPSA) is 91.8 Å². The number of likely N-dealkylation sites (tertiary alicyclic amines) is 1. The molecule has 4 aromatic carbocycles. The molecule has 1 aliphatic heterocycles. The number of Topliss-reactive ketones (excluding diaryl/α,β-unsaturated/α-hetero) is 1. The van der Waals surface area contributed by atoms with Gasteiger partial charge in [-0.2, -0.15) is 0 Å². The Hall–Kier alpha value is -5.10. The van der Waals surface area contributed by atoms with Crippen LogP contribution in [0.3, 0.4) is 0 Å². The van der Waals surface area contributed by atoms with Crippen LogP contribution in [0, 0.1) is 23.7 Å². The molecule has 6 heteroatoms. The SMILES string of the molecule is O=C1C(c2ccccc2)=CC(=O)C2(c3ccccc3)C1CC1C(=CCC3C(=O)N(C4CCCCC4)C(=O)C31)C2c1ccc2ccccc2c1O. The second-order valence-electron chi connectivity index (χ2n) is 14.9. The van der Waals surface area contributed by atoms with E-state index in [1.165, 1.54) is 6.08 Å². The maximum Gasteiger partial charge on any atom is 0.233 e. The number of allylic oxidation sites excluding steroid dienone is 4. The maximum atomic E-state index is 15.2. The third kappa shape index (κ3) is 4.33. The molecule has 6 unspecified atom stereocenters. The highest BCUT2D eigenvalue weighted by Gasteiger charge is 2.66. The lowest BCUT2D eigenvalue weighted by Crippen LogP contribution is -2.58. The maximum absolute atomic E-state index is 15.2. The van der Waals surface area contributed by atoms with E-state index in [9.17, 15) is 14.7 Å². The van der Waals surface area contributed by atoms with Gasteiger partial charge >= 0.3 is 0 Å². The van der Waals surface area contributed by atoms with Gasteiger partial charge in [0.2, 0.25) is 11.8 Å². The molecule has 0 radical (unpaired) electrons. The Morgan fingerprint density at radius 2 is 1.42 bits per heavy atom. The van der Waals surface area contributed by atoms with Gasteiger partial charge in [0.25, 0.3) is 0 Å². The van der Waals surface area contributed by atoms with E-state index in [1.807, 2.05) is 97.1 Å². The summed E-state index contributed by atoms with van der Waals surface area (Å²) in [4.78, 5) is 60.6. The van der Waals surface area contributed by atoms with Gasteiger partial charge in [0.1, 0.15) is 5.75 Å². The summed E-state index contributed by atoms with van der Waals surface area (Å²) in [5.74, 6) is -3.62. The molecule has 250 valence electrons. The van der Waals surface area contributed by atoms with Crippen molar-refractivity contribution in [3.63, 3.8) is 0 Å². The molecular weight excluding hydrogens is 622 g/mol. The lowest BCUT2D eigenvalue weighted by Gasteiger charge is -2.55. The standard InChI is InChI=1S/C44H39NO5/c46-37-25-34(26-12-4-1-5-13-26)41(48)36-24-35-31(22-23-32-38(35)43(50)45(42(32)49)29-17-8-3-9-18-29)39(44(36,37)28-15-6-2-7-16-28)33-21-20-27-14-10-11-19-30(27)40(33)47/h1-2,4-7,10-16,19-22,25,29,32,35-36,38-39,47H,3,8-9,17-18,23-24H2. The molecule has 9 rings (SSSR count). The number of hydrogen-bond donors (Lipinski definition) is 1. The van der Waals surface area contributed by atoms with Crippen molar-refractivity contribution in [1.29, 1.82) is 0 Å². The lowest BCUT2D eigenvalue weighted by atomic mass is 9.44. The first-order chi connectivity index (χ1) is 24.4. The van der Waals surface area contributed by atoms with Gasteiger partial charge in [-0.15, -0.1) is 0 Å². The van der Waals surface area contributed by atoms with Gasteiger partial charge in [-0.3, -0.25) is 24.1 Å². The van der Waals surface area contributed by atoms with Crippen LogP contribution in [0.2, 0.25) is 0 Å². The number of benzene rings is 4. The van der Waals surface area contributed by atoms with Crippen molar-refractivity contribution in [2.75, 3.05) is 0 Å². The minimum atomic E-state index is -1.37. The van der Waals surface area contributed by atoms with E-state index in [4.69, 9.17) is 0 Å². The average molecular weight is 662 g/mol. The molecule has 5 aliphatic rings. The largest absolute Gasteiger partial charge is 0.507 e. The lowest BCUT2D eigenvalue weighted by molar-refractivity contribution is -0.144. The van der Waals surface area contributed by atoms with Crippen molar-refractivity contribution in [3.8, 4) is 5.75 Å². The summed E-state index contributed by atoms with van der Waals surface area (Å²) in [6.07, 6.45) is 9.02. The van der Waals surface area contributed by atoms with Crippen LogP contribution in [-0.4, -0.2) is 39.4 Å². The number of fused-ring (bicyclic) bond motifs is 5.